The van der Waals surface area contributed by atoms with Gasteiger partial charge >= 0.3 is 0 Å². The topological polar surface area (TPSA) is 75.3 Å². The summed E-state index contributed by atoms with van der Waals surface area (Å²) in [4.78, 5) is 13.8. The Morgan fingerprint density at radius 3 is 2.48 bits per heavy atom. The molecule has 0 radical (unpaired) electrons. The normalized spacial score (nSPS) is 18.0. The van der Waals surface area contributed by atoms with Crippen LogP contribution in [0, 0.1) is 0 Å². The lowest BCUT2D eigenvalue weighted by atomic mass is 9.90. The summed E-state index contributed by atoms with van der Waals surface area (Å²) in [5.74, 6) is -0.360. The second-order valence-electron chi connectivity index (χ2n) is 6.56. The predicted octanol–water partition coefficient (Wildman–Crippen LogP) is 1.73. The van der Waals surface area contributed by atoms with Gasteiger partial charge in [0, 0.05) is 23.1 Å². The van der Waals surface area contributed by atoms with Crippen molar-refractivity contribution >= 4 is 39.5 Å². The van der Waals surface area contributed by atoms with Gasteiger partial charge in [-0.25, -0.2) is 8.42 Å². The number of amides is 1. The van der Waals surface area contributed by atoms with Crippen LogP contribution in [0.2, 0.25) is 0 Å². The van der Waals surface area contributed by atoms with E-state index in [1.807, 2.05) is 17.5 Å². The molecule has 1 aliphatic rings. The third kappa shape index (κ3) is 4.26. The van der Waals surface area contributed by atoms with Crippen molar-refractivity contribution in [3.63, 3.8) is 0 Å². The van der Waals surface area contributed by atoms with Gasteiger partial charge in [0.2, 0.25) is 5.91 Å². The number of rotatable bonds is 5. The van der Waals surface area contributed by atoms with Crippen LogP contribution in [-0.4, -0.2) is 45.0 Å². The van der Waals surface area contributed by atoms with Gasteiger partial charge in [-0.1, -0.05) is 19.9 Å². The molecule has 5 nitrogen and oxygen atoms in total. The number of thiophene rings is 1. The van der Waals surface area contributed by atoms with Crippen LogP contribution in [0.25, 0.3) is 0 Å². The highest BCUT2D eigenvalue weighted by Crippen LogP contribution is 2.30. The van der Waals surface area contributed by atoms with E-state index in [1.165, 1.54) is 11.1 Å². The largest absolute Gasteiger partial charge is 0.354 e. The van der Waals surface area contributed by atoms with Crippen LogP contribution >= 0.6 is 23.7 Å². The molecule has 8 heteroatoms. The van der Waals surface area contributed by atoms with E-state index in [9.17, 15) is 13.2 Å². The number of carbonyl (C=O) groups is 1. The van der Waals surface area contributed by atoms with Crippen LogP contribution in [0.3, 0.4) is 0 Å². The second kappa shape index (κ2) is 7.51. The summed E-state index contributed by atoms with van der Waals surface area (Å²) in [5.41, 5.74) is -0.213. The lowest BCUT2D eigenvalue weighted by Gasteiger charge is -2.35. The van der Waals surface area contributed by atoms with E-state index < -0.39 is 14.6 Å². The van der Waals surface area contributed by atoms with Crippen molar-refractivity contribution in [2.75, 3.05) is 25.9 Å². The molecular weight excluding hydrogens is 356 g/mol. The number of halogens is 1. The molecule has 0 spiro atoms. The maximum atomic E-state index is 12.7. The van der Waals surface area contributed by atoms with Crippen molar-refractivity contribution in [2.45, 2.75) is 36.9 Å². The maximum Gasteiger partial charge on any atom is 0.241 e. The van der Waals surface area contributed by atoms with Crippen LogP contribution < -0.4 is 10.6 Å². The van der Waals surface area contributed by atoms with Gasteiger partial charge < -0.3 is 10.6 Å². The summed E-state index contributed by atoms with van der Waals surface area (Å²) in [6, 6.07) is 4.02. The summed E-state index contributed by atoms with van der Waals surface area (Å²) in [5, 5.41) is 8.01. The van der Waals surface area contributed by atoms with Crippen molar-refractivity contribution in [3.05, 3.63) is 22.4 Å². The van der Waals surface area contributed by atoms with Crippen molar-refractivity contribution in [3.8, 4) is 0 Å². The monoisotopic (exact) mass is 380 g/mol. The highest BCUT2D eigenvalue weighted by atomic mass is 35.5. The molecule has 0 atom stereocenters. The molecule has 0 bridgehead atoms. The fourth-order valence-corrected chi connectivity index (χ4v) is 5.02. The van der Waals surface area contributed by atoms with Gasteiger partial charge in [0.1, 0.15) is 0 Å². The summed E-state index contributed by atoms with van der Waals surface area (Å²) in [7, 11) is -3.46. The molecule has 1 saturated heterocycles. The fourth-order valence-electron chi connectivity index (χ4n) is 2.81. The van der Waals surface area contributed by atoms with E-state index >= 15 is 0 Å². The van der Waals surface area contributed by atoms with Gasteiger partial charge in [-0.3, -0.25) is 4.79 Å². The Morgan fingerprint density at radius 2 is 2.00 bits per heavy atom. The third-order valence-electron chi connectivity index (χ3n) is 4.41. The number of nitrogens with one attached hydrogen (secondary N) is 2. The predicted molar refractivity (Wildman–Crippen MR) is 97.3 cm³/mol. The standard InChI is InChI=1S/C15H24N2O3S2.ClH/c1-14(2,12-5-4-10-21-12)11-17-13(18)15(22(3,19)20)6-8-16-9-7-15;/h4-5,10,16H,6-9,11H2,1-3H3,(H,17,18);1H. The Hall–Kier alpha value is -0.630. The first-order valence-corrected chi connectivity index (χ1v) is 10.2. The first kappa shape index (κ1) is 20.4. The Balaban J connectivity index is 0.00000264. The lowest BCUT2D eigenvalue weighted by molar-refractivity contribution is -0.124. The van der Waals surface area contributed by atoms with Gasteiger partial charge in [0.15, 0.2) is 14.6 Å². The van der Waals surface area contributed by atoms with Crippen LogP contribution in [0.4, 0.5) is 0 Å². The van der Waals surface area contributed by atoms with Gasteiger partial charge in [-0.15, -0.1) is 23.7 Å². The molecule has 23 heavy (non-hydrogen) atoms. The summed E-state index contributed by atoms with van der Waals surface area (Å²) in [6.07, 6.45) is 1.83. The summed E-state index contributed by atoms with van der Waals surface area (Å²) >= 11 is 1.64. The molecule has 132 valence electrons. The minimum Gasteiger partial charge on any atom is -0.354 e. The third-order valence-corrected chi connectivity index (χ3v) is 7.66. The maximum absolute atomic E-state index is 12.7. The number of piperidine rings is 1. The molecular formula is C15H25ClN2O3S2. The first-order valence-electron chi connectivity index (χ1n) is 7.42. The summed E-state index contributed by atoms with van der Waals surface area (Å²) in [6.45, 7) is 5.63. The van der Waals surface area contributed by atoms with Crippen LogP contribution in [0.1, 0.15) is 31.6 Å². The minimum absolute atomic E-state index is 0. The molecule has 1 amide bonds. The zero-order chi connectivity index (χ0) is 16.4. The Labute approximate surface area is 148 Å². The number of hydrogen-bond acceptors (Lipinski definition) is 5. The Bertz CT molecular complexity index is 621. The average molecular weight is 381 g/mol. The Kier molecular flexibility index (Phi) is 6.66. The molecule has 0 aromatic carbocycles. The van der Waals surface area contributed by atoms with E-state index in [2.05, 4.69) is 24.5 Å². The fraction of sp³-hybridized carbons (Fsp3) is 0.667. The van der Waals surface area contributed by atoms with E-state index in [0.717, 1.165) is 0 Å². The van der Waals surface area contributed by atoms with E-state index in [-0.39, 0.29) is 23.7 Å². The molecule has 1 aromatic rings. The quantitative estimate of drug-likeness (QED) is 0.815. The molecule has 2 rings (SSSR count). The zero-order valence-electron chi connectivity index (χ0n) is 13.7. The minimum atomic E-state index is -3.46. The van der Waals surface area contributed by atoms with Crippen LogP contribution in [0.5, 0.6) is 0 Å². The molecule has 2 N–H and O–H groups in total. The van der Waals surface area contributed by atoms with Crippen LogP contribution in [0.15, 0.2) is 17.5 Å². The highest BCUT2D eigenvalue weighted by molar-refractivity contribution is 7.92. The molecule has 0 saturated carbocycles. The zero-order valence-corrected chi connectivity index (χ0v) is 16.2. The van der Waals surface area contributed by atoms with Crippen molar-refractivity contribution in [1.82, 2.24) is 10.6 Å². The molecule has 0 unspecified atom stereocenters. The van der Waals surface area contributed by atoms with Gasteiger partial charge in [-0.2, -0.15) is 0 Å². The van der Waals surface area contributed by atoms with E-state index in [4.69, 9.17) is 0 Å². The second-order valence-corrected chi connectivity index (χ2v) is 9.83. The molecule has 1 fully saturated rings. The molecule has 1 aromatic heterocycles. The lowest BCUT2D eigenvalue weighted by Crippen LogP contribution is -2.58. The summed E-state index contributed by atoms with van der Waals surface area (Å²) < 4.78 is 23.1. The Morgan fingerprint density at radius 1 is 1.39 bits per heavy atom. The molecule has 2 heterocycles. The van der Waals surface area contributed by atoms with Gasteiger partial charge in [0.05, 0.1) is 0 Å². The average Bonchev–Trinajstić information content (AvgIpc) is 2.99. The van der Waals surface area contributed by atoms with Gasteiger partial charge in [0.25, 0.3) is 0 Å². The molecule has 1 aliphatic heterocycles. The smallest absolute Gasteiger partial charge is 0.241 e. The van der Waals surface area contributed by atoms with Crippen molar-refractivity contribution < 1.29 is 13.2 Å². The SMILES string of the molecule is CC(C)(CNC(=O)C1(S(C)(=O)=O)CCNCC1)c1cccs1.Cl. The van der Waals surface area contributed by atoms with Crippen LogP contribution in [-0.2, 0) is 20.0 Å². The number of hydrogen-bond donors (Lipinski definition) is 2. The first-order chi connectivity index (χ1) is 10.2. The highest BCUT2D eigenvalue weighted by Gasteiger charge is 2.48. The number of carbonyl (C=O) groups excluding carboxylic acids is 1. The van der Waals surface area contributed by atoms with Gasteiger partial charge in [-0.05, 0) is 37.4 Å². The molecule has 0 aliphatic carbocycles. The number of sulfone groups is 1. The van der Waals surface area contributed by atoms with Crippen molar-refractivity contribution in [2.24, 2.45) is 0 Å². The van der Waals surface area contributed by atoms with Crippen molar-refractivity contribution in [1.29, 1.82) is 0 Å². The van der Waals surface area contributed by atoms with E-state index in [0.29, 0.717) is 32.5 Å². The van der Waals surface area contributed by atoms with E-state index in [1.54, 1.807) is 11.3 Å².